The minimum Gasteiger partial charge on any atom is -0.394 e. The summed E-state index contributed by atoms with van der Waals surface area (Å²) in [6, 6.07) is 0.136. The van der Waals surface area contributed by atoms with Gasteiger partial charge in [-0.05, 0) is 31.7 Å². The van der Waals surface area contributed by atoms with E-state index in [1.165, 1.54) is 4.90 Å². The van der Waals surface area contributed by atoms with Crippen LogP contribution in [-0.4, -0.2) is 54.0 Å². The molecule has 0 heterocycles. The van der Waals surface area contributed by atoms with Crippen molar-refractivity contribution in [1.82, 2.24) is 10.2 Å². The van der Waals surface area contributed by atoms with Gasteiger partial charge >= 0.3 is 6.18 Å². The van der Waals surface area contributed by atoms with Crippen LogP contribution in [0.4, 0.5) is 13.2 Å². The van der Waals surface area contributed by atoms with Gasteiger partial charge in [0.2, 0.25) is 0 Å². The van der Waals surface area contributed by atoms with Crippen molar-refractivity contribution >= 4 is 0 Å². The van der Waals surface area contributed by atoms with Crippen molar-refractivity contribution in [2.75, 3.05) is 26.2 Å². The summed E-state index contributed by atoms with van der Waals surface area (Å²) in [4.78, 5) is 1.42. The molecule has 1 aliphatic rings. The van der Waals surface area contributed by atoms with E-state index < -0.39 is 18.3 Å². The van der Waals surface area contributed by atoms with Gasteiger partial charge in [0.05, 0.1) is 18.7 Å². The van der Waals surface area contributed by atoms with Crippen molar-refractivity contribution < 1.29 is 18.3 Å². The highest BCUT2D eigenvalue weighted by Crippen LogP contribution is 2.40. The SMILES string of the molecule is CCCN(CC(F)(F)F)CC(CO)(NC(C)C)C1CC1. The van der Waals surface area contributed by atoms with Crippen molar-refractivity contribution in [3.8, 4) is 0 Å². The third-order valence-corrected chi connectivity index (χ3v) is 3.67. The highest BCUT2D eigenvalue weighted by Gasteiger charge is 2.47. The van der Waals surface area contributed by atoms with Crippen molar-refractivity contribution in [3.05, 3.63) is 0 Å². The first kappa shape index (κ1) is 17.7. The van der Waals surface area contributed by atoms with Gasteiger partial charge in [0.15, 0.2) is 0 Å². The van der Waals surface area contributed by atoms with Gasteiger partial charge in [-0.25, -0.2) is 0 Å². The monoisotopic (exact) mass is 296 g/mol. The second-order valence-corrected chi connectivity index (χ2v) is 6.21. The van der Waals surface area contributed by atoms with Gasteiger partial charge in [0, 0.05) is 12.6 Å². The molecule has 0 bridgehead atoms. The van der Waals surface area contributed by atoms with E-state index in [4.69, 9.17) is 0 Å². The Kier molecular flexibility index (Phi) is 6.28. The molecule has 1 saturated carbocycles. The number of rotatable bonds is 9. The Hall–Kier alpha value is -0.330. The van der Waals surface area contributed by atoms with E-state index in [9.17, 15) is 18.3 Å². The molecule has 0 aromatic heterocycles. The van der Waals surface area contributed by atoms with E-state index in [-0.39, 0.29) is 25.1 Å². The first-order valence-corrected chi connectivity index (χ1v) is 7.40. The molecule has 1 unspecified atom stereocenters. The molecule has 6 heteroatoms. The number of nitrogens with one attached hydrogen (secondary N) is 1. The predicted octanol–water partition coefficient (Wildman–Crippen LogP) is 2.40. The molecule has 1 rings (SSSR count). The molecule has 0 aromatic rings. The van der Waals surface area contributed by atoms with Gasteiger partial charge in [0.25, 0.3) is 0 Å². The zero-order valence-corrected chi connectivity index (χ0v) is 12.6. The Labute approximate surface area is 119 Å². The fourth-order valence-corrected chi connectivity index (χ4v) is 2.91. The van der Waals surface area contributed by atoms with Gasteiger partial charge in [-0.2, -0.15) is 13.2 Å². The van der Waals surface area contributed by atoms with Crippen LogP contribution in [0.3, 0.4) is 0 Å². The summed E-state index contributed by atoms with van der Waals surface area (Å²) in [5.74, 6) is 0.280. The zero-order valence-electron chi connectivity index (χ0n) is 12.6. The molecule has 0 aliphatic heterocycles. The summed E-state index contributed by atoms with van der Waals surface area (Å²) in [5, 5.41) is 13.1. The van der Waals surface area contributed by atoms with E-state index in [1.807, 2.05) is 20.8 Å². The second-order valence-electron chi connectivity index (χ2n) is 6.21. The predicted molar refractivity (Wildman–Crippen MR) is 73.6 cm³/mol. The molecule has 0 amide bonds. The number of alkyl halides is 3. The van der Waals surface area contributed by atoms with Crippen LogP contribution in [0.1, 0.15) is 40.0 Å². The lowest BCUT2D eigenvalue weighted by atomic mass is 9.92. The lowest BCUT2D eigenvalue weighted by Gasteiger charge is -2.40. The quantitative estimate of drug-likeness (QED) is 0.686. The molecule has 1 aliphatic carbocycles. The number of nitrogens with zero attached hydrogens (tertiary/aromatic N) is 1. The van der Waals surface area contributed by atoms with Gasteiger partial charge < -0.3 is 10.4 Å². The van der Waals surface area contributed by atoms with Gasteiger partial charge in [-0.3, -0.25) is 4.90 Å². The third-order valence-electron chi connectivity index (χ3n) is 3.67. The molecular weight excluding hydrogens is 269 g/mol. The average molecular weight is 296 g/mol. The van der Waals surface area contributed by atoms with Gasteiger partial charge in [0.1, 0.15) is 0 Å². The molecule has 0 spiro atoms. The standard InChI is InChI=1S/C14H27F3N2O/c1-4-7-19(9-14(15,16)17)8-13(10-20,12-5-6-12)18-11(2)3/h11-12,18,20H,4-10H2,1-3H3. The molecule has 3 nitrogen and oxygen atoms in total. The maximum absolute atomic E-state index is 12.7. The molecule has 120 valence electrons. The first-order chi connectivity index (χ1) is 9.22. The fourth-order valence-electron chi connectivity index (χ4n) is 2.91. The highest BCUT2D eigenvalue weighted by molar-refractivity contribution is 5.03. The molecule has 1 fully saturated rings. The summed E-state index contributed by atoms with van der Waals surface area (Å²) in [6.07, 6.45) is -1.57. The number of aliphatic hydroxyl groups excluding tert-OH is 1. The largest absolute Gasteiger partial charge is 0.401 e. The van der Waals surface area contributed by atoms with E-state index >= 15 is 0 Å². The van der Waals surface area contributed by atoms with Crippen LogP contribution >= 0.6 is 0 Å². The maximum Gasteiger partial charge on any atom is 0.401 e. The van der Waals surface area contributed by atoms with Crippen molar-refractivity contribution in [2.24, 2.45) is 5.92 Å². The van der Waals surface area contributed by atoms with Crippen LogP contribution in [0.25, 0.3) is 0 Å². The minimum atomic E-state index is -4.20. The number of hydrogen-bond acceptors (Lipinski definition) is 3. The fraction of sp³-hybridized carbons (Fsp3) is 1.00. The Morgan fingerprint density at radius 2 is 1.85 bits per heavy atom. The van der Waals surface area contributed by atoms with E-state index in [0.717, 1.165) is 12.8 Å². The number of aliphatic hydroxyl groups is 1. The molecular formula is C14H27F3N2O. The Balaban J connectivity index is 2.78. The van der Waals surface area contributed by atoms with Crippen molar-refractivity contribution in [1.29, 1.82) is 0 Å². The second kappa shape index (κ2) is 7.09. The average Bonchev–Trinajstić information content (AvgIpc) is 3.09. The van der Waals surface area contributed by atoms with Gasteiger partial charge in [-0.15, -0.1) is 0 Å². The minimum absolute atomic E-state index is 0.117. The number of hydrogen-bond donors (Lipinski definition) is 2. The smallest absolute Gasteiger partial charge is 0.394 e. The summed E-state index contributed by atoms with van der Waals surface area (Å²) < 4.78 is 38.0. The zero-order chi connectivity index (χ0) is 15.4. The van der Waals surface area contributed by atoms with Crippen LogP contribution in [0.2, 0.25) is 0 Å². The lowest BCUT2D eigenvalue weighted by molar-refractivity contribution is -0.149. The lowest BCUT2D eigenvalue weighted by Crippen LogP contribution is -2.60. The molecule has 0 saturated heterocycles. The van der Waals surface area contributed by atoms with Crippen LogP contribution in [0.5, 0.6) is 0 Å². The van der Waals surface area contributed by atoms with Crippen LogP contribution in [0.15, 0.2) is 0 Å². The van der Waals surface area contributed by atoms with Crippen molar-refractivity contribution in [3.63, 3.8) is 0 Å². The van der Waals surface area contributed by atoms with E-state index in [1.54, 1.807) is 0 Å². The normalized spacial score (nSPS) is 19.6. The molecule has 0 aromatic carbocycles. The Morgan fingerprint density at radius 1 is 1.25 bits per heavy atom. The molecule has 2 N–H and O–H groups in total. The first-order valence-electron chi connectivity index (χ1n) is 7.40. The summed E-state index contributed by atoms with van der Waals surface area (Å²) >= 11 is 0. The van der Waals surface area contributed by atoms with Crippen LogP contribution in [-0.2, 0) is 0 Å². The van der Waals surface area contributed by atoms with Crippen LogP contribution in [0, 0.1) is 5.92 Å². The topological polar surface area (TPSA) is 35.5 Å². The summed E-state index contributed by atoms with van der Waals surface area (Å²) in [7, 11) is 0. The van der Waals surface area contributed by atoms with Crippen molar-refractivity contribution in [2.45, 2.75) is 57.8 Å². The number of halogens is 3. The molecule has 1 atom stereocenters. The van der Waals surface area contributed by atoms with Crippen LogP contribution < -0.4 is 5.32 Å². The third kappa shape index (κ3) is 5.58. The maximum atomic E-state index is 12.7. The summed E-state index contributed by atoms with van der Waals surface area (Å²) in [6.45, 7) is 5.41. The summed E-state index contributed by atoms with van der Waals surface area (Å²) in [5.41, 5.74) is -0.603. The molecule has 20 heavy (non-hydrogen) atoms. The van der Waals surface area contributed by atoms with Gasteiger partial charge in [-0.1, -0.05) is 20.8 Å². The Morgan fingerprint density at radius 3 is 2.20 bits per heavy atom. The molecule has 0 radical (unpaired) electrons. The Bertz CT molecular complexity index is 293. The van der Waals surface area contributed by atoms with E-state index in [0.29, 0.717) is 13.0 Å². The highest BCUT2D eigenvalue weighted by atomic mass is 19.4. The van der Waals surface area contributed by atoms with E-state index in [2.05, 4.69) is 5.32 Å².